The second-order valence-electron chi connectivity index (χ2n) is 7.02. The Kier molecular flexibility index (Phi) is 6.19. The van der Waals surface area contributed by atoms with Gasteiger partial charge in [-0.05, 0) is 31.0 Å². The van der Waals surface area contributed by atoms with Crippen molar-refractivity contribution < 1.29 is 4.62 Å². The summed E-state index contributed by atoms with van der Waals surface area (Å²) in [5.41, 5.74) is 4.82. The standard InChI is InChI=1S/C21H27N6OP/c1-4-29(3)28-27-13-11-26(12-14-27)17-7-5-16(6-8-17)18-15-19-20(21(22-2)25-18)24-10-9-23-19/h5-10,15H,4,11-14H2,1-3H3,(H,22,25). The fourth-order valence-corrected chi connectivity index (χ4v) is 4.09. The van der Waals surface area contributed by atoms with E-state index in [2.05, 4.69) is 63.1 Å². The number of rotatable bonds is 6. The molecule has 1 aliphatic heterocycles. The zero-order valence-electron chi connectivity index (χ0n) is 17.2. The molecular formula is C21H27N6OP. The highest BCUT2D eigenvalue weighted by molar-refractivity contribution is 7.51. The zero-order valence-corrected chi connectivity index (χ0v) is 18.1. The van der Waals surface area contributed by atoms with Crippen LogP contribution in [0.1, 0.15) is 6.92 Å². The van der Waals surface area contributed by atoms with Crippen LogP contribution in [-0.2, 0) is 4.62 Å². The van der Waals surface area contributed by atoms with E-state index in [9.17, 15) is 0 Å². The minimum Gasteiger partial charge on any atom is -0.371 e. The molecule has 3 heterocycles. The molecule has 0 amide bonds. The summed E-state index contributed by atoms with van der Waals surface area (Å²) in [6, 6.07) is 10.6. The maximum absolute atomic E-state index is 6.00. The van der Waals surface area contributed by atoms with Gasteiger partial charge < -0.3 is 10.2 Å². The van der Waals surface area contributed by atoms with E-state index in [-0.39, 0.29) is 8.15 Å². The first-order valence-corrected chi connectivity index (χ1v) is 11.9. The molecule has 0 bridgehead atoms. The Labute approximate surface area is 172 Å². The van der Waals surface area contributed by atoms with Crippen molar-refractivity contribution in [2.75, 3.05) is 56.3 Å². The molecule has 7 nitrogen and oxygen atoms in total. The predicted molar refractivity (Wildman–Crippen MR) is 121 cm³/mol. The van der Waals surface area contributed by atoms with Crippen LogP contribution in [0.2, 0.25) is 0 Å². The number of fused-ring (bicyclic) bond motifs is 1. The first-order valence-electron chi connectivity index (χ1n) is 9.97. The summed E-state index contributed by atoms with van der Waals surface area (Å²) in [4.78, 5) is 16.0. The van der Waals surface area contributed by atoms with E-state index in [1.54, 1.807) is 12.4 Å². The number of aromatic nitrogens is 3. The van der Waals surface area contributed by atoms with E-state index in [1.165, 1.54) is 5.69 Å². The first-order chi connectivity index (χ1) is 14.2. The lowest BCUT2D eigenvalue weighted by Gasteiger charge is -2.36. The maximum Gasteiger partial charge on any atom is 0.154 e. The van der Waals surface area contributed by atoms with E-state index in [0.29, 0.717) is 0 Å². The molecular weight excluding hydrogens is 383 g/mol. The monoisotopic (exact) mass is 410 g/mol. The van der Waals surface area contributed by atoms with Gasteiger partial charge in [0.15, 0.2) is 5.82 Å². The Morgan fingerprint density at radius 1 is 1.07 bits per heavy atom. The number of benzene rings is 1. The lowest BCUT2D eigenvalue weighted by atomic mass is 10.1. The van der Waals surface area contributed by atoms with Gasteiger partial charge in [-0.1, -0.05) is 19.1 Å². The molecule has 1 aromatic carbocycles. The minimum atomic E-state index is -0.331. The van der Waals surface area contributed by atoms with Gasteiger partial charge in [-0.3, -0.25) is 9.61 Å². The van der Waals surface area contributed by atoms with Gasteiger partial charge in [0.05, 0.1) is 19.4 Å². The van der Waals surface area contributed by atoms with Crippen molar-refractivity contribution in [3.8, 4) is 11.3 Å². The summed E-state index contributed by atoms with van der Waals surface area (Å²) >= 11 is 0. The largest absolute Gasteiger partial charge is 0.371 e. The van der Waals surface area contributed by atoms with Crippen molar-refractivity contribution >= 4 is 30.7 Å². The summed E-state index contributed by atoms with van der Waals surface area (Å²) in [6.45, 7) is 8.18. The number of hydrogen-bond donors (Lipinski definition) is 1. The molecule has 4 rings (SSSR count). The fourth-order valence-electron chi connectivity index (χ4n) is 3.42. The Morgan fingerprint density at radius 2 is 1.79 bits per heavy atom. The summed E-state index contributed by atoms with van der Waals surface area (Å²) in [6.07, 6.45) is 4.50. The van der Waals surface area contributed by atoms with Crippen molar-refractivity contribution in [2.45, 2.75) is 6.92 Å². The number of hydrogen-bond acceptors (Lipinski definition) is 7. The summed E-state index contributed by atoms with van der Waals surface area (Å²) < 4.78 is 6.00. The summed E-state index contributed by atoms with van der Waals surface area (Å²) in [5, 5.41) is 5.25. The van der Waals surface area contributed by atoms with Crippen molar-refractivity contribution in [3.63, 3.8) is 0 Å². The van der Waals surface area contributed by atoms with Crippen LogP contribution < -0.4 is 10.2 Å². The normalized spacial score (nSPS) is 16.2. The molecule has 1 fully saturated rings. The lowest BCUT2D eigenvalue weighted by molar-refractivity contribution is -0.0504. The van der Waals surface area contributed by atoms with Crippen molar-refractivity contribution in [3.05, 3.63) is 42.7 Å². The summed E-state index contributed by atoms with van der Waals surface area (Å²) in [7, 11) is 1.53. The van der Waals surface area contributed by atoms with E-state index >= 15 is 0 Å². The second kappa shape index (κ2) is 8.99. The first kappa shape index (κ1) is 20.0. The second-order valence-corrected chi connectivity index (χ2v) is 9.07. The van der Waals surface area contributed by atoms with Gasteiger partial charge >= 0.3 is 0 Å². The lowest BCUT2D eigenvalue weighted by Crippen LogP contribution is -2.45. The van der Waals surface area contributed by atoms with Crippen molar-refractivity contribution in [1.82, 2.24) is 20.0 Å². The molecule has 0 saturated carbocycles. The van der Waals surface area contributed by atoms with E-state index in [1.807, 2.05) is 13.1 Å². The zero-order chi connectivity index (χ0) is 20.2. The van der Waals surface area contributed by atoms with E-state index in [4.69, 9.17) is 9.61 Å². The predicted octanol–water partition coefficient (Wildman–Crippen LogP) is 3.83. The number of nitrogens with one attached hydrogen (secondary N) is 1. The Hall–Kier alpha value is -2.34. The van der Waals surface area contributed by atoms with Gasteiger partial charge in [0.1, 0.15) is 5.52 Å². The Morgan fingerprint density at radius 3 is 2.48 bits per heavy atom. The van der Waals surface area contributed by atoms with Crippen LogP contribution in [0.15, 0.2) is 42.7 Å². The maximum atomic E-state index is 6.00. The molecule has 8 heteroatoms. The van der Waals surface area contributed by atoms with Crippen LogP contribution in [0, 0.1) is 0 Å². The number of hydroxylamine groups is 2. The van der Waals surface area contributed by atoms with Crippen LogP contribution in [-0.4, -0.2) is 66.1 Å². The topological polar surface area (TPSA) is 66.4 Å². The van der Waals surface area contributed by atoms with Crippen LogP contribution in [0.5, 0.6) is 0 Å². The number of anilines is 2. The van der Waals surface area contributed by atoms with Gasteiger partial charge in [-0.2, -0.15) is 5.06 Å². The van der Waals surface area contributed by atoms with E-state index < -0.39 is 0 Å². The third kappa shape index (κ3) is 4.47. The van der Waals surface area contributed by atoms with Crippen LogP contribution in [0.25, 0.3) is 22.3 Å². The molecule has 1 aliphatic rings. The van der Waals surface area contributed by atoms with Gasteiger partial charge in [0, 0.05) is 56.9 Å². The Bertz CT molecular complexity index is 959. The highest BCUT2D eigenvalue weighted by atomic mass is 31.1. The third-order valence-corrected chi connectivity index (χ3v) is 6.56. The van der Waals surface area contributed by atoms with Gasteiger partial charge in [0.25, 0.3) is 0 Å². The third-order valence-electron chi connectivity index (χ3n) is 5.16. The number of pyridine rings is 1. The highest BCUT2D eigenvalue weighted by Crippen LogP contribution is 2.33. The average molecular weight is 410 g/mol. The van der Waals surface area contributed by atoms with Crippen molar-refractivity contribution in [2.24, 2.45) is 0 Å². The van der Waals surface area contributed by atoms with Crippen LogP contribution in [0.4, 0.5) is 11.5 Å². The SMILES string of the molecule is CCP(C)ON1CCN(c2ccc(-c3cc4nccnc4c(NC)n3)cc2)CC1. The summed E-state index contributed by atoms with van der Waals surface area (Å²) in [5.74, 6) is 0.744. The molecule has 1 N–H and O–H groups in total. The average Bonchev–Trinajstić information content (AvgIpc) is 2.79. The fraction of sp³-hybridized carbons (Fsp3) is 0.381. The van der Waals surface area contributed by atoms with Crippen LogP contribution in [0.3, 0.4) is 0 Å². The van der Waals surface area contributed by atoms with Gasteiger partial charge in [-0.15, -0.1) is 0 Å². The number of piperazine rings is 1. The molecule has 0 aliphatic carbocycles. The number of nitrogens with zero attached hydrogens (tertiary/aromatic N) is 5. The van der Waals surface area contributed by atoms with Crippen LogP contribution >= 0.6 is 8.15 Å². The van der Waals surface area contributed by atoms with Gasteiger partial charge in [0.2, 0.25) is 0 Å². The minimum absolute atomic E-state index is 0.331. The molecule has 3 aromatic rings. The van der Waals surface area contributed by atoms with Gasteiger partial charge in [-0.25, -0.2) is 9.97 Å². The molecule has 29 heavy (non-hydrogen) atoms. The van der Waals surface area contributed by atoms with Crippen molar-refractivity contribution in [1.29, 1.82) is 0 Å². The Balaban J connectivity index is 1.48. The highest BCUT2D eigenvalue weighted by Gasteiger charge is 2.19. The molecule has 2 aromatic heterocycles. The molecule has 152 valence electrons. The molecule has 1 unspecified atom stereocenters. The molecule has 1 saturated heterocycles. The molecule has 0 radical (unpaired) electrons. The molecule has 0 spiro atoms. The quantitative estimate of drug-likeness (QED) is 0.620. The van der Waals surface area contributed by atoms with E-state index in [0.717, 1.165) is 60.4 Å². The molecule has 1 atom stereocenters. The smallest absolute Gasteiger partial charge is 0.154 e.